The number of nitrogens with two attached hydrogens (primary N) is 1. The van der Waals surface area contributed by atoms with Crippen LogP contribution < -0.4 is 11.1 Å². The SMILES string of the molecule is CN1C2CCCC1CC(Nc1cccc(Br)c1C(N)=S)C2. The van der Waals surface area contributed by atoms with Crippen molar-refractivity contribution in [2.45, 2.75) is 50.2 Å². The molecule has 2 heterocycles. The number of rotatable bonds is 3. The fourth-order valence-corrected chi connectivity index (χ4v) is 4.78. The van der Waals surface area contributed by atoms with Gasteiger partial charge in [-0.25, -0.2) is 0 Å². The first-order valence-corrected chi connectivity index (χ1v) is 8.83. The summed E-state index contributed by atoms with van der Waals surface area (Å²) in [5.74, 6) is 0. The predicted octanol–water partition coefficient (Wildman–Crippen LogP) is 3.51. The van der Waals surface area contributed by atoms with Gasteiger partial charge in [0.2, 0.25) is 0 Å². The minimum Gasteiger partial charge on any atom is -0.389 e. The van der Waals surface area contributed by atoms with Gasteiger partial charge in [0.1, 0.15) is 4.99 Å². The number of benzene rings is 1. The van der Waals surface area contributed by atoms with E-state index in [1.54, 1.807) is 0 Å². The number of hydrogen-bond acceptors (Lipinski definition) is 3. The van der Waals surface area contributed by atoms with Gasteiger partial charge >= 0.3 is 0 Å². The molecule has 1 aromatic rings. The van der Waals surface area contributed by atoms with Crippen molar-refractivity contribution in [2.75, 3.05) is 12.4 Å². The van der Waals surface area contributed by atoms with Crippen LogP contribution in [0.4, 0.5) is 5.69 Å². The van der Waals surface area contributed by atoms with Gasteiger partial charge in [-0.3, -0.25) is 0 Å². The van der Waals surface area contributed by atoms with Gasteiger partial charge in [0, 0.05) is 33.8 Å². The summed E-state index contributed by atoms with van der Waals surface area (Å²) in [6.07, 6.45) is 6.44. The standard InChI is InChI=1S/C16H22BrN3S/c1-20-11-4-2-5-12(20)9-10(8-11)19-14-7-3-6-13(17)15(14)16(18)21/h3,6-7,10-12,19H,2,4-5,8-9H2,1H3,(H2,18,21). The largest absolute Gasteiger partial charge is 0.389 e. The summed E-state index contributed by atoms with van der Waals surface area (Å²) in [5, 5.41) is 3.70. The van der Waals surface area contributed by atoms with E-state index in [2.05, 4.69) is 39.3 Å². The molecule has 2 saturated heterocycles. The molecular formula is C16H22BrN3S. The number of halogens is 1. The monoisotopic (exact) mass is 367 g/mol. The summed E-state index contributed by atoms with van der Waals surface area (Å²) in [6, 6.07) is 8.05. The third kappa shape index (κ3) is 3.10. The molecule has 2 bridgehead atoms. The van der Waals surface area contributed by atoms with Crippen LogP contribution in [-0.2, 0) is 0 Å². The highest BCUT2D eigenvalue weighted by Gasteiger charge is 2.36. The second kappa shape index (κ2) is 6.23. The highest BCUT2D eigenvalue weighted by atomic mass is 79.9. The third-order valence-electron chi connectivity index (χ3n) is 4.96. The molecule has 0 aliphatic carbocycles. The lowest BCUT2D eigenvalue weighted by Crippen LogP contribution is -2.52. The molecule has 3 rings (SSSR count). The molecule has 114 valence electrons. The van der Waals surface area contributed by atoms with Crippen molar-refractivity contribution in [2.24, 2.45) is 5.73 Å². The van der Waals surface area contributed by atoms with E-state index in [9.17, 15) is 0 Å². The van der Waals surface area contributed by atoms with Gasteiger partial charge in [-0.15, -0.1) is 0 Å². The highest BCUT2D eigenvalue weighted by Crippen LogP contribution is 2.35. The fraction of sp³-hybridized carbons (Fsp3) is 0.562. The summed E-state index contributed by atoms with van der Waals surface area (Å²) in [6.45, 7) is 0. The van der Waals surface area contributed by atoms with E-state index in [0.29, 0.717) is 11.0 Å². The van der Waals surface area contributed by atoms with Crippen molar-refractivity contribution < 1.29 is 0 Å². The van der Waals surface area contributed by atoms with Gasteiger partial charge in [-0.1, -0.05) is 24.7 Å². The third-order valence-corrected chi connectivity index (χ3v) is 5.82. The fourth-order valence-electron chi connectivity index (χ4n) is 3.85. The zero-order valence-corrected chi connectivity index (χ0v) is 14.7. The summed E-state index contributed by atoms with van der Waals surface area (Å²) in [4.78, 5) is 3.02. The van der Waals surface area contributed by atoms with Crippen LogP contribution in [0.1, 0.15) is 37.7 Å². The van der Waals surface area contributed by atoms with E-state index < -0.39 is 0 Å². The first kappa shape index (κ1) is 15.3. The Kier molecular flexibility index (Phi) is 4.52. The molecule has 21 heavy (non-hydrogen) atoms. The van der Waals surface area contributed by atoms with E-state index in [1.807, 2.05) is 12.1 Å². The number of fused-ring (bicyclic) bond motifs is 2. The Morgan fingerprint density at radius 3 is 2.62 bits per heavy atom. The highest BCUT2D eigenvalue weighted by molar-refractivity contribution is 9.10. The van der Waals surface area contributed by atoms with Gasteiger partial charge in [0.05, 0.1) is 0 Å². The van der Waals surface area contributed by atoms with Crippen LogP contribution in [0.2, 0.25) is 0 Å². The van der Waals surface area contributed by atoms with Gasteiger partial charge in [0.15, 0.2) is 0 Å². The Morgan fingerprint density at radius 1 is 1.33 bits per heavy atom. The first-order chi connectivity index (χ1) is 10.1. The molecular weight excluding hydrogens is 346 g/mol. The van der Waals surface area contributed by atoms with Crippen molar-refractivity contribution in [3.8, 4) is 0 Å². The summed E-state index contributed by atoms with van der Waals surface area (Å²) < 4.78 is 0.966. The molecule has 2 aliphatic rings. The van der Waals surface area contributed by atoms with Gasteiger partial charge in [-0.2, -0.15) is 0 Å². The quantitative estimate of drug-likeness (QED) is 0.802. The molecule has 2 unspecified atom stereocenters. The summed E-state index contributed by atoms with van der Waals surface area (Å²) >= 11 is 8.76. The van der Waals surface area contributed by atoms with Crippen LogP contribution in [0.3, 0.4) is 0 Å². The molecule has 1 aromatic carbocycles. The van der Waals surface area contributed by atoms with Crippen molar-refractivity contribution >= 4 is 38.8 Å². The molecule has 0 saturated carbocycles. The van der Waals surface area contributed by atoms with Gasteiger partial charge in [0.25, 0.3) is 0 Å². The molecule has 2 aliphatic heterocycles. The van der Waals surface area contributed by atoms with Crippen molar-refractivity contribution in [3.05, 3.63) is 28.2 Å². The average Bonchev–Trinajstić information content (AvgIpc) is 2.39. The minimum absolute atomic E-state index is 0.443. The van der Waals surface area contributed by atoms with E-state index in [1.165, 1.54) is 32.1 Å². The molecule has 3 N–H and O–H groups in total. The van der Waals surface area contributed by atoms with Crippen LogP contribution in [0.5, 0.6) is 0 Å². The maximum atomic E-state index is 5.89. The van der Waals surface area contributed by atoms with Crippen molar-refractivity contribution in [1.29, 1.82) is 0 Å². The maximum Gasteiger partial charge on any atom is 0.107 e. The molecule has 5 heteroatoms. The molecule has 2 fully saturated rings. The smallest absolute Gasteiger partial charge is 0.107 e. The van der Waals surface area contributed by atoms with Crippen LogP contribution >= 0.6 is 28.1 Å². The molecule has 3 nitrogen and oxygen atoms in total. The minimum atomic E-state index is 0.443. The van der Waals surface area contributed by atoms with Crippen LogP contribution in [-0.4, -0.2) is 35.1 Å². The van der Waals surface area contributed by atoms with E-state index in [0.717, 1.165) is 27.8 Å². The van der Waals surface area contributed by atoms with E-state index in [-0.39, 0.29) is 0 Å². The lowest BCUT2D eigenvalue weighted by Gasteiger charge is -2.47. The second-order valence-corrected chi connectivity index (χ2v) is 7.54. The molecule has 0 radical (unpaired) electrons. The number of nitrogens with one attached hydrogen (secondary N) is 1. The number of thiocarbonyl (C=S) groups is 1. The maximum absolute atomic E-state index is 5.89. The second-order valence-electron chi connectivity index (χ2n) is 6.24. The molecule has 2 atom stereocenters. The van der Waals surface area contributed by atoms with E-state index in [4.69, 9.17) is 18.0 Å². The Labute approximate surface area is 140 Å². The van der Waals surface area contributed by atoms with Gasteiger partial charge in [-0.05, 0) is 60.8 Å². The first-order valence-electron chi connectivity index (χ1n) is 7.63. The van der Waals surface area contributed by atoms with Crippen molar-refractivity contribution in [1.82, 2.24) is 4.90 Å². The van der Waals surface area contributed by atoms with Crippen molar-refractivity contribution in [3.63, 3.8) is 0 Å². The Bertz CT molecular complexity index is 534. The Hall–Kier alpha value is -0.650. The lowest BCUT2D eigenvalue weighted by molar-refractivity contribution is 0.0608. The Morgan fingerprint density at radius 2 is 2.00 bits per heavy atom. The van der Waals surface area contributed by atoms with Crippen LogP contribution in [0.15, 0.2) is 22.7 Å². The molecule has 0 amide bonds. The lowest BCUT2D eigenvalue weighted by atomic mass is 9.82. The van der Waals surface area contributed by atoms with Crippen LogP contribution in [0.25, 0.3) is 0 Å². The molecule has 0 spiro atoms. The predicted molar refractivity (Wildman–Crippen MR) is 95.9 cm³/mol. The summed E-state index contributed by atoms with van der Waals surface area (Å²) in [5.41, 5.74) is 7.87. The van der Waals surface area contributed by atoms with Crippen LogP contribution in [0, 0.1) is 0 Å². The number of anilines is 1. The zero-order chi connectivity index (χ0) is 15.0. The summed E-state index contributed by atoms with van der Waals surface area (Å²) in [7, 11) is 2.28. The van der Waals surface area contributed by atoms with Gasteiger partial charge < -0.3 is 16.0 Å². The topological polar surface area (TPSA) is 41.3 Å². The number of piperidine rings is 2. The average molecular weight is 368 g/mol. The zero-order valence-electron chi connectivity index (χ0n) is 12.3. The molecule has 0 aromatic heterocycles. The number of hydrogen-bond donors (Lipinski definition) is 2. The number of nitrogens with zero attached hydrogens (tertiary/aromatic N) is 1. The Balaban J connectivity index is 1.79. The normalized spacial score (nSPS) is 29.1. The van der Waals surface area contributed by atoms with E-state index >= 15 is 0 Å².